The van der Waals surface area contributed by atoms with Gasteiger partial charge in [-0.3, -0.25) is 4.79 Å². The summed E-state index contributed by atoms with van der Waals surface area (Å²) in [5.74, 6) is 6.36. The minimum Gasteiger partial charge on any atom is -0.489 e. The van der Waals surface area contributed by atoms with Crippen molar-refractivity contribution in [1.29, 1.82) is 0 Å². The Morgan fingerprint density at radius 3 is 2.50 bits per heavy atom. The lowest BCUT2D eigenvalue weighted by Crippen LogP contribution is -2.74. The Kier molecular flexibility index (Phi) is 9.71. The Labute approximate surface area is 265 Å². The number of halogens is 1. The van der Waals surface area contributed by atoms with Crippen LogP contribution in [0.1, 0.15) is 76.9 Å². The summed E-state index contributed by atoms with van der Waals surface area (Å²) in [5.41, 5.74) is 1.62. The van der Waals surface area contributed by atoms with Crippen LogP contribution in [0.4, 0.5) is 5.69 Å². The molecule has 1 amide bonds. The third-order valence-corrected chi connectivity index (χ3v) is 8.27. The molecule has 0 aromatic heterocycles. The number of rotatable bonds is 9. The molecule has 0 bridgehead atoms. The van der Waals surface area contributed by atoms with Crippen molar-refractivity contribution in [3.05, 3.63) is 69.5 Å². The number of carbonyl (C=O) groups is 2. The van der Waals surface area contributed by atoms with Gasteiger partial charge >= 0.3 is 5.97 Å². The molecule has 44 heavy (non-hydrogen) atoms. The Bertz CT molecular complexity index is 1510. The molecular weight excluding hydrogens is 580 g/mol. The summed E-state index contributed by atoms with van der Waals surface area (Å²) in [4.78, 5) is 30.7. The summed E-state index contributed by atoms with van der Waals surface area (Å²) in [6.07, 6.45) is -0.409. The van der Waals surface area contributed by atoms with Gasteiger partial charge in [0.15, 0.2) is 0 Å². The van der Waals surface area contributed by atoms with Crippen LogP contribution in [0.5, 0.6) is 5.75 Å². The van der Waals surface area contributed by atoms with E-state index >= 15 is 0 Å². The molecule has 1 aliphatic heterocycles. The predicted octanol–water partition coefficient (Wildman–Crippen LogP) is 6.84. The highest BCUT2D eigenvalue weighted by atomic mass is 35.5. The SMILES string of the molecule is [C-]#[N+]c1ccc(OC2C(C)(C)C(N3Cc4cc(C#CCOC(C)COCC(=O)OC(C)(C)C)ccc4C3=O)C2(C)C)cc1Cl. The van der Waals surface area contributed by atoms with Crippen molar-refractivity contribution in [2.75, 3.05) is 19.8 Å². The zero-order valence-electron chi connectivity index (χ0n) is 26.7. The molecule has 1 heterocycles. The van der Waals surface area contributed by atoms with Gasteiger partial charge in [0.25, 0.3) is 5.91 Å². The summed E-state index contributed by atoms with van der Waals surface area (Å²) in [7, 11) is 0. The van der Waals surface area contributed by atoms with Gasteiger partial charge < -0.3 is 23.8 Å². The highest BCUT2D eigenvalue weighted by Crippen LogP contribution is 2.59. The van der Waals surface area contributed by atoms with Crippen LogP contribution in [0.2, 0.25) is 5.02 Å². The van der Waals surface area contributed by atoms with E-state index in [2.05, 4.69) is 44.4 Å². The van der Waals surface area contributed by atoms with E-state index in [1.165, 1.54) is 0 Å². The summed E-state index contributed by atoms with van der Waals surface area (Å²) in [5, 5.41) is 0.360. The van der Waals surface area contributed by atoms with Gasteiger partial charge in [0, 0.05) is 34.5 Å². The first-order valence-corrected chi connectivity index (χ1v) is 15.1. The van der Waals surface area contributed by atoms with Gasteiger partial charge in [-0.1, -0.05) is 57.2 Å². The second-order valence-corrected chi connectivity index (χ2v) is 14.0. The molecule has 0 N–H and O–H groups in total. The average molecular weight is 621 g/mol. The number of carbonyl (C=O) groups excluding carboxylic acids is 2. The highest BCUT2D eigenvalue weighted by molar-refractivity contribution is 6.33. The van der Waals surface area contributed by atoms with Crippen molar-refractivity contribution in [3.8, 4) is 17.6 Å². The van der Waals surface area contributed by atoms with Crippen LogP contribution in [0, 0.1) is 29.2 Å². The van der Waals surface area contributed by atoms with E-state index in [1.54, 1.807) is 18.2 Å². The van der Waals surface area contributed by atoms with Crippen molar-refractivity contribution >= 4 is 29.2 Å². The van der Waals surface area contributed by atoms with E-state index in [-0.39, 0.29) is 54.8 Å². The molecule has 1 atom stereocenters. The van der Waals surface area contributed by atoms with Gasteiger partial charge in [0.1, 0.15) is 30.7 Å². The number of hydrogen-bond donors (Lipinski definition) is 0. The zero-order valence-corrected chi connectivity index (χ0v) is 27.5. The molecule has 2 aromatic carbocycles. The van der Waals surface area contributed by atoms with E-state index in [0.717, 1.165) is 11.1 Å². The monoisotopic (exact) mass is 620 g/mol. The third kappa shape index (κ3) is 7.21. The number of hydrogen-bond acceptors (Lipinski definition) is 6. The molecule has 0 spiro atoms. The van der Waals surface area contributed by atoms with Crippen LogP contribution in [0.15, 0.2) is 36.4 Å². The molecule has 2 aliphatic rings. The fraction of sp³-hybridized carbons (Fsp3) is 0.514. The van der Waals surface area contributed by atoms with Crippen LogP contribution >= 0.6 is 11.6 Å². The first-order chi connectivity index (χ1) is 20.5. The smallest absolute Gasteiger partial charge is 0.332 e. The number of nitrogens with zero attached hydrogens (tertiary/aromatic N) is 2. The van der Waals surface area contributed by atoms with E-state index in [9.17, 15) is 9.59 Å². The first kappa shape index (κ1) is 33.3. The Hall–Kier alpha value is -3.56. The number of fused-ring (bicyclic) bond motifs is 1. The molecule has 8 nitrogen and oxygen atoms in total. The number of amides is 1. The minimum absolute atomic E-state index is 0.0112. The molecule has 0 radical (unpaired) electrons. The maximum Gasteiger partial charge on any atom is 0.332 e. The van der Waals surface area contributed by atoms with Crippen molar-refractivity contribution in [3.63, 3.8) is 0 Å². The lowest BCUT2D eigenvalue weighted by Gasteiger charge is -2.65. The second-order valence-electron chi connectivity index (χ2n) is 13.6. The van der Waals surface area contributed by atoms with Crippen molar-refractivity contribution in [2.24, 2.45) is 10.8 Å². The van der Waals surface area contributed by atoms with Crippen LogP contribution in [-0.4, -0.2) is 60.4 Å². The normalized spacial score (nSPS) is 20.5. The van der Waals surface area contributed by atoms with Crippen LogP contribution in [0.25, 0.3) is 4.85 Å². The van der Waals surface area contributed by atoms with Gasteiger partial charge in [-0.15, -0.1) is 0 Å². The summed E-state index contributed by atoms with van der Waals surface area (Å²) < 4.78 is 22.7. The van der Waals surface area contributed by atoms with E-state index in [4.69, 9.17) is 37.1 Å². The maximum absolute atomic E-state index is 13.6. The van der Waals surface area contributed by atoms with Gasteiger partial charge in [0.05, 0.1) is 24.3 Å². The molecule has 9 heteroatoms. The van der Waals surface area contributed by atoms with Gasteiger partial charge in [-0.2, -0.15) is 0 Å². The van der Waals surface area contributed by atoms with E-state index < -0.39 is 11.6 Å². The van der Waals surface area contributed by atoms with Gasteiger partial charge in [-0.25, -0.2) is 9.64 Å². The minimum atomic E-state index is -0.548. The maximum atomic E-state index is 13.6. The predicted molar refractivity (Wildman–Crippen MR) is 169 cm³/mol. The van der Waals surface area contributed by atoms with Crippen molar-refractivity contribution in [1.82, 2.24) is 4.90 Å². The van der Waals surface area contributed by atoms with Crippen molar-refractivity contribution < 1.29 is 28.5 Å². The molecule has 2 aromatic rings. The van der Waals surface area contributed by atoms with Crippen LogP contribution in [0.3, 0.4) is 0 Å². The quantitative estimate of drug-likeness (QED) is 0.173. The van der Waals surface area contributed by atoms with E-state index in [1.807, 2.05) is 50.8 Å². The summed E-state index contributed by atoms with van der Waals surface area (Å²) in [6, 6.07) is 10.7. The van der Waals surface area contributed by atoms with Gasteiger partial charge in [0.2, 0.25) is 5.69 Å². The zero-order chi connectivity index (χ0) is 32.4. The summed E-state index contributed by atoms with van der Waals surface area (Å²) in [6.45, 7) is 23.8. The molecular formula is C35H41ClN2O6. The highest BCUT2D eigenvalue weighted by Gasteiger charge is 2.66. The number of benzene rings is 2. The fourth-order valence-electron chi connectivity index (χ4n) is 6.68. The fourth-order valence-corrected chi connectivity index (χ4v) is 6.89. The van der Waals surface area contributed by atoms with Crippen LogP contribution < -0.4 is 4.74 Å². The topological polar surface area (TPSA) is 78.7 Å². The molecule has 4 rings (SSSR count). The Morgan fingerprint density at radius 2 is 1.86 bits per heavy atom. The largest absolute Gasteiger partial charge is 0.489 e. The molecule has 1 aliphatic carbocycles. The standard InChI is InChI=1S/C35H41ClN2O6/c1-22(20-41-21-29(39)44-33(2,3)4)42-16-10-11-23-12-14-26-24(17-23)19-38(30(26)40)31-34(5,6)32(35(31,7)8)43-25-13-15-28(37-9)27(36)18-25/h12-15,17-18,22,31-32H,16,19-21H2,1-8H3. The van der Waals surface area contributed by atoms with Gasteiger partial charge in [-0.05, 0) is 63.6 Å². The van der Waals surface area contributed by atoms with E-state index in [0.29, 0.717) is 28.6 Å². The Morgan fingerprint density at radius 1 is 1.16 bits per heavy atom. The molecule has 234 valence electrons. The third-order valence-electron chi connectivity index (χ3n) is 7.97. The number of ether oxygens (including phenoxy) is 4. The molecule has 1 saturated carbocycles. The van der Waals surface area contributed by atoms with Crippen molar-refractivity contribution in [2.45, 2.75) is 85.8 Å². The Balaban J connectivity index is 1.33. The molecule has 1 fully saturated rings. The van der Waals surface area contributed by atoms with Crippen LogP contribution in [-0.2, 0) is 25.5 Å². The number of esters is 1. The lowest BCUT2D eigenvalue weighted by molar-refractivity contribution is -0.199. The summed E-state index contributed by atoms with van der Waals surface area (Å²) >= 11 is 6.25. The lowest BCUT2D eigenvalue weighted by atomic mass is 9.49. The molecule has 0 saturated heterocycles. The average Bonchev–Trinajstić information content (AvgIpc) is 3.22. The first-order valence-electron chi connectivity index (χ1n) is 14.7. The molecule has 1 unspecified atom stereocenters. The second kappa shape index (κ2) is 12.8.